The van der Waals surface area contributed by atoms with Gasteiger partial charge in [-0.2, -0.15) is 4.31 Å². The van der Waals surface area contributed by atoms with Crippen molar-refractivity contribution in [1.82, 2.24) is 14.3 Å². The van der Waals surface area contributed by atoms with Crippen LogP contribution in [0.4, 0.5) is 5.69 Å². The normalized spacial score (nSPS) is 15.5. The summed E-state index contributed by atoms with van der Waals surface area (Å²) in [4.78, 5) is 34.1. The molecule has 4 rings (SSSR count). The second-order valence-corrected chi connectivity index (χ2v) is 10.1. The molecule has 1 fully saturated rings. The van der Waals surface area contributed by atoms with E-state index in [4.69, 9.17) is 9.47 Å². The smallest absolute Gasteiger partial charge is 0.338 e. The van der Waals surface area contributed by atoms with Crippen LogP contribution in [0.2, 0.25) is 0 Å². The van der Waals surface area contributed by atoms with Crippen LogP contribution in [-0.2, 0) is 24.3 Å². The summed E-state index contributed by atoms with van der Waals surface area (Å²) in [6.45, 7) is 6.47. The molecule has 11 heteroatoms. The molecular formula is C24H26N4O6S. The molecule has 0 bridgehead atoms. The predicted octanol–water partition coefficient (Wildman–Crippen LogP) is 2.45. The predicted molar refractivity (Wildman–Crippen MR) is 129 cm³/mol. The number of esters is 1. The summed E-state index contributed by atoms with van der Waals surface area (Å²) in [7, 11) is -3.63. The minimum atomic E-state index is -3.63. The van der Waals surface area contributed by atoms with Gasteiger partial charge in [0.1, 0.15) is 0 Å². The second-order valence-electron chi connectivity index (χ2n) is 8.18. The number of rotatable bonds is 6. The van der Waals surface area contributed by atoms with E-state index >= 15 is 0 Å². The minimum absolute atomic E-state index is 0.127. The summed E-state index contributed by atoms with van der Waals surface area (Å²) in [5.74, 6) is -1.21. The second kappa shape index (κ2) is 10.1. The lowest BCUT2D eigenvalue weighted by molar-refractivity contribution is -0.123. The number of carbonyl (C=O) groups is 2. The van der Waals surface area contributed by atoms with E-state index in [-0.39, 0.29) is 10.5 Å². The first-order chi connectivity index (χ1) is 16.6. The summed E-state index contributed by atoms with van der Waals surface area (Å²) in [5, 5.41) is 2.63. The van der Waals surface area contributed by atoms with E-state index in [9.17, 15) is 18.0 Å². The van der Waals surface area contributed by atoms with E-state index in [1.165, 1.54) is 35.5 Å². The SMILES string of the molecule is Cc1nc2ccc(C(=O)OC(C)C(=O)Nc3ccc(S(=O)(=O)N4CCOCC4)cc3)cc2nc1C. The van der Waals surface area contributed by atoms with Gasteiger partial charge in [-0.3, -0.25) is 4.79 Å². The van der Waals surface area contributed by atoms with Crippen molar-refractivity contribution in [2.24, 2.45) is 0 Å². The third kappa shape index (κ3) is 5.47. The van der Waals surface area contributed by atoms with Crippen LogP contribution in [-0.4, -0.2) is 67.0 Å². The number of morpholine rings is 1. The van der Waals surface area contributed by atoms with Crippen LogP contribution in [0.3, 0.4) is 0 Å². The average Bonchev–Trinajstić information content (AvgIpc) is 2.85. The Bertz CT molecular complexity index is 1370. The number of hydrogen-bond acceptors (Lipinski definition) is 8. The molecule has 0 aliphatic carbocycles. The largest absolute Gasteiger partial charge is 0.449 e. The molecule has 1 aliphatic heterocycles. The summed E-state index contributed by atoms with van der Waals surface area (Å²) in [6.07, 6.45) is -1.08. The average molecular weight is 499 g/mol. The molecule has 184 valence electrons. The fraction of sp³-hybridized carbons (Fsp3) is 0.333. The highest BCUT2D eigenvalue weighted by molar-refractivity contribution is 7.89. The zero-order chi connectivity index (χ0) is 25.2. The zero-order valence-corrected chi connectivity index (χ0v) is 20.5. The maximum absolute atomic E-state index is 12.7. The van der Waals surface area contributed by atoms with E-state index in [0.29, 0.717) is 43.0 Å². The molecule has 0 spiro atoms. The van der Waals surface area contributed by atoms with E-state index < -0.39 is 28.0 Å². The lowest BCUT2D eigenvalue weighted by Crippen LogP contribution is -2.40. The molecule has 1 aromatic heterocycles. The Balaban J connectivity index is 1.38. The highest BCUT2D eigenvalue weighted by Gasteiger charge is 2.26. The van der Waals surface area contributed by atoms with Gasteiger partial charge in [-0.1, -0.05) is 0 Å². The molecule has 1 aliphatic rings. The van der Waals surface area contributed by atoms with Crippen LogP contribution in [0.25, 0.3) is 11.0 Å². The van der Waals surface area contributed by atoms with Gasteiger partial charge in [-0.15, -0.1) is 0 Å². The van der Waals surface area contributed by atoms with E-state index in [0.717, 1.165) is 11.4 Å². The number of hydrogen-bond donors (Lipinski definition) is 1. The molecule has 1 N–H and O–H groups in total. The van der Waals surface area contributed by atoms with Gasteiger partial charge in [0.15, 0.2) is 6.10 Å². The summed E-state index contributed by atoms with van der Waals surface area (Å²) in [6, 6.07) is 10.7. The molecular weight excluding hydrogens is 472 g/mol. The molecule has 3 aromatic rings. The number of nitrogens with one attached hydrogen (secondary N) is 1. The molecule has 1 amide bonds. The molecule has 2 heterocycles. The molecule has 35 heavy (non-hydrogen) atoms. The maximum atomic E-state index is 12.7. The van der Waals surface area contributed by atoms with E-state index in [1.54, 1.807) is 18.2 Å². The number of fused-ring (bicyclic) bond motifs is 1. The van der Waals surface area contributed by atoms with Gasteiger partial charge in [-0.05, 0) is 63.2 Å². The number of ether oxygens (including phenoxy) is 2. The van der Waals surface area contributed by atoms with Crippen molar-refractivity contribution in [3.05, 3.63) is 59.4 Å². The third-order valence-corrected chi connectivity index (χ3v) is 7.61. The maximum Gasteiger partial charge on any atom is 0.338 e. The first-order valence-corrected chi connectivity index (χ1v) is 12.5. The summed E-state index contributed by atoms with van der Waals surface area (Å²) < 4.78 is 37.3. The highest BCUT2D eigenvalue weighted by Crippen LogP contribution is 2.20. The Morgan fingerprint density at radius 2 is 1.63 bits per heavy atom. The number of aryl methyl sites for hydroxylation is 2. The van der Waals surface area contributed by atoms with Gasteiger partial charge in [0.05, 0.1) is 46.1 Å². The van der Waals surface area contributed by atoms with Gasteiger partial charge in [0.25, 0.3) is 5.91 Å². The van der Waals surface area contributed by atoms with Gasteiger partial charge in [0, 0.05) is 18.8 Å². The van der Waals surface area contributed by atoms with Crippen molar-refractivity contribution in [2.75, 3.05) is 31.6 Å². The Kier molecular flexibility index (Phi) is 7.10. The molecule has 1 atom stereocenters. The van der Waals surface area contributed by atoms with Gasteiger partial charge in [0.2, 0.25) is 10.0 Å². The third-order valence-electron chi connectivity index (χ3n) is 5.69. The number of aromatic nitrogens is 2. The standard InChI is InChI=1S/C24H26N4O6S/c1-15-16(2)26-22-14-18(4-9-21(22)25-15)24(30)34-17(3)23(29)27-19-5-7-20(8-6-19)35(31,32)28-10-12-33-13-11-28/h4-9,14,17H,10-13H2,1-3H3,(H,27,29). The van der Waals surface area contributed by atoms with Crippen LogP contribution in [0.1, 0.15) is 28.7 Å². The van der Waals surface area contributed by atoms with Crippen LogP contribution in [0.5, 0.6) is 0 Å². The number of sulfonamides is 1. The minimum Gasteiger partial charge on any atom is -0.449 e. The lowest BCUT2D eigenvalue weighted by atomic mass is 10.2. The molecule has 10 nitrogen and oxygen atoms in total. The molecule has 2 aromatic carbocycles. The van der Waals surface area contributed by atoms with Crippen LogP contribution >= 0.6 is 0 Å². The van der Waals surface area contributed by atoms with Crippen molar-refractivity contribution < 1.29 is 27.5 Å². The fourth-order valence-electron chi connectivity index (χ4n) is 3.53. The van der Waals surface area contributed by atoms with Crippen molar-refractivity contribution in [3.8, 4) is 0 Å². The van der Waals surface area contributed by atoms with Gasteiger partial charge in [-0.25, -0.2) is 23.2 Å². The summed E-state index contributed by atoms with van der Waals surface area (Å²) in [5.41, 5.74) is 3.43. The molecule has 0 radical (unpaired) electrons. The van der Waals surface area contributed by atoms with Crippen LogP contribution in [0.15, 0.2) is 47.4 Å². The Labute approximate surface area is 203 Å². The van der Waals surface area contributed by atoms with E-state index in [1.807, 2.05) is 13.8 Å². The Hall–Kier alpha value is -3.41. The lowest BCUT2D eigenvalue weighted by Gasteiger charge is -2.26. The van der Waals surface area contributed by atoms with Crippen molar-refractivity contribution >= 4 is 38.6 Å². The number of amides is 1. The summed E-state index contributed by atoms with van der Waals surface area (Å²) >= 11 is 0. The first kappa shape index (κ1) is 24.7. The van der Waals surface area contributed by atoms with Crippen LogP contribution in [0, 0.1) is 13.8 Å². The first-order valence-electron chi connectivity index (χ1n) is 11.1. The monoisotopic (exact) mass is 498 g/mol. The Morgan fingerprint density at radius 1 is 1.00 bits per heavy atom. The number of nitrogens with zero attached hydrogens (tertiary/aromatic N) is 3. The molecule has 1 unspecified atom stereocenters. The number of benzene rings is 2. The molecule has 0 saturated carbocycles. The zero-order valence-electron chi connectivity index (χ0n) is 19.6. The van der Waals surface area contributed by atoms with Crippen molar-refractivity contribution in [2.45, 2.75) is 31.8 Å². The highest BCUT2D eigenvalue weighted by atomic mass is 32.2. The number of carbonyl (C=O) groups excluding carboxylic acids is 2. The van der Waals surface area contributed by atoms with Crippen LogP contribution < -0.4 is 5.32 Å². The van der Waals surface area contributed by atoms with Crippen molar-refractivity contribution in [1.29, 1.82) is 0 Å². The van der Waals surface area contributed by atoms with Gasteiger partial charge < -0.3 is 14.8 Å². The fourth-order valence-corrected chi connectivity index (χ4v) is 4.94. The number of anilines is 1. The Morgan fingerprint density at radius 3 is 2.29 bits per heavy atom. The topological polar surface area (TPSA) is 128 Å². The van der Waals surface area contributed by atoms with Gasteiger partial charge >= 0.3 is 5.97 Å². The quantitative estimate of drug-likeness (QED) is 0.514. The van der Waals surface area contributed by atoms with Crippen molar-refractivity contribution in [3.63, 3.8) is 0 Å². The molecule has 1 saturated heterocycles. The van der Waals surface area contributed by atoms with E-state index in [2.05, 4.69) is 15.3 Å².